The van der Waals surface area contributed by atoms with Gasteiger partial charge in [-0.15, -0.1) is 0 Å². The normalized spacial score (nSPS) is 12.3. The molecule has 19 heavy (non-hydrogen) atoms. The van der Waals surface area contributed by atoms with Crippen molar-refractivity contribution in [3.63, 3.8) is 0 Å². The van der Waals surface area contributed by atoms with Gasteiger partial charge in [-0.2, -0.15) is 0 Å². The first-order valence-corrected chi connectivity index (χ1v) is 6.45. The van der Waals surface area contributed by atoms with Crippen LogP contribution in [0.2, 0.25) is 5.02 Å². The molecule has 0 saturated heterocycles. The standard InChI is InChI=1S/C15H16ClNO2/c16-13-8-11(6-7-15(13)19)9-17-14(10-18)12-4-2-1-3-5-12/h1-8,14,17-19H,9-10H2. The molecule has 1 unspecified atom stereocenters. The van der Waals surface area contributed by atoms with Crippen molar-refractivity contribution < 1.29 is 10.2 Å². The van der Waals surface area contributed by atoms with Crippen LogP contribution in [0.1, 0.15) is 17.2 Å². The number of benzene rings is 2. The lowest BCUT2D eigenvalue weighted by Gasteiger charge is -2.17. The van der Waals surface area contributed by atoms with Gasteiger partial charge in [-0.1, -0.05) is 48.0 Å². The summed E-state index contributed by atoms with van der Waals surface area (Å²) in [5.74, 6) is 0.0761. The molecule has 0 aliphatic rings. The van der Waals surface area contributed by atoms with E-state index in [-0.39, 0.29) is 18.4 Å². The fourth-order valence-electron chi connectivity index (χ4n) is 1.87. The minimum Gasteiger partial charge on any atom is -0.506 e. The highest BCUT2D eigenvalue weighted by Crippen LogP contribution is 2.24. The Kier molecular flexibility index (Phi) is 4.80. The fraction of sp³-hybridized carbons (Fsp3) is 0.200. The highest BCUT2D eigenvalue weighted by Gasteiger charge is 2.09. The van der Waals surface area contributed by atoms with Crippen LogP contribution in [0, 0.1) is 0 Å². The summed E-state index contributed by atoms with van der Waals surface area (Å²) in [4.78, 5) is 0. The van der Waals surface area contributed by atoms with Crippen LogP contribution in [-0.2, 0) is 6.54 Å². The largest absolute Gasteiger partial charge is 0.506 e. The Morgan fingerprint density at radius 2 is 1.84 bits per heavy atom. The Morgan fingerprint density at radius 1 is 1.11 bits per heavy atom. The number of nitrogens with one attached hydrogen (secondary N) is 1. The molecule has 0 amide bonds. The number of aliphatic hydroxyl groups excluding tert-OH is 1. The maximum absolute atomic E-state index is 9.43. The Labute approximate surface area is 117 Å². The second kappa shape index (κ2) is 6.57. The second-order valence-corrected chi connectivity index (χ2v) is 4.72. The highest BCUT2D eigenvalue weighted by atomic mass is 35.5. The molecule has 0 spiro atoms. The van der Waals surface area contributed by atoms with Gasteiger partial charge in [0.2, 0.25) is 0 Å². The molecule has 4 heteroatoms. The van der Waals surface area contributed by atoms with Gasteiger partial charge in [0.05, 0.1) is 17.7 Å². The molecule has 2 rings (SSSR count). The molecule has 0 radical (unpaired) electrons. The van der Waals surface area contributed by atoms with Crippen LogP contribution in [0.5, 0.6) is 5.75 Å². The molecule has 3 nitrogen and oxygen atoms in total. The van der Waals surface area contributed by atoms with Crippen molar-refractivity contribution in [1.82, 2.24) is 5.32 Å². The zero-order chi connectivity index (χ0) is 13.7. The van der Waals surface area contributed by atoms with E-state index in [0.717, 1.165) is 11.1 Å². The van der Waals surface area contributed by atoms with E-state index in [4.69, 9.17) is 11.6 Å². The van der Waals surface area contributed by atoms with Gasteiger partial charge >= 0.3 is 0 Å². The third-order valence-electron chi connectivity index (χ3n) is 2.95. The minimum absolute atomic E-state index is 0.0236. The Hall–Kier alpha value is -1.55. The maximum atomic E-state index is 9.43. The van der Waals surface area contributed by atoms with Gasteiger partial charge in [0, 0.05) is 6.54 Å². The van der Waals surface area contributed by atoms with E-state index in [9.17, 15) is 10.2 Å². The van der Waals surface area contributed by atoms with E-state index in [0.29, 0.717) is 11.6 Å². The van der Waals surface area contributed by atoms with Crippen molar-refractivity contribution in [1.29, 1.82) is 0 Å². The third kappa shape index (κ3) is 3.70. The number of hydrogen-bond donors (Lipinski definition) is 3. The van der Waals surface area contributed by atoms with E-state index < -0.39 is 0 Å². The quantitative estimate of drug-likeness (QED) is 0.788. The van der Waals surface area contributed by atoms with Gasteiger partial charge in [-0.05, 0) is 23.3 Å². The monoisotopic (exact) mass is 277 g/mol. The predicted molar refractivity (Wildman–Crippen MR) is 76.2 cm³/mol. The van der Waals surface area contributed by atoms with Crippen LogP contribution in [0.15, 0.2) is 48.5 Å². The summed E-state index contributed by atoms with van der Waals surface area (Å²) in [5, 5.41) is 22.4. The predicted octanol–water partition coefficient (Wildman–Crippen LogP) is 2.87. The van der Waals surface area contributed by atoms with E-state index >= 15 is 0 Å². The molecule has 0 bridgehead atoms. The van der Waals surface area contributed by atoms with Crippen molar-refractivity contribution in [2.24, 2.45) is 0 Å². The summed E-state index contributed by atoms with van der Waals surface area (Å²) in [6.07, 6.45) is 0. The molecular weight excluding hydrogens is 262 g/mol. The average Bonchev–Trinajstić information content (AvgIpc) is 2.44. The van der Waals surface area contributed by atoms with Crippen LogP contribution in [-0.4, -0.2) is 16.8 Å². The van der Waals surface area contributed by atoms with Crippen LogP contribution >= 0.6 is 11.6 Å². The van der Waals surface area contributed by atoms with Gasteiger partial charge < -0.3 is 15.5 Å². The number of aromatic hydroxyl groups is 1. The molecule has 0 aliphatic carbocycles. The number of aliphatic hydroxyl groups is 1. The van der Waals surface area contributed by atoms with Crippen molar-refractivity contribution in [2.45, 2.75) is 12.6 Å². The molecule has 0 aromatic heterocycles. The van der Waals surface area contributed by atoms with E-state index in [2.05, 4.69) is 5.32 Å². The van der Waals surface area contributed by atoms with E-state index in [1.54, 1.807) is 18.2 Å². The SMILES string of the molecule is OCC(NCc1ccc(O)c(Cl)c1)c1ccccc1. The number of phenolic OH excluding ortho intramolecular Hbond substituents is 1. The van der Waals surface area contributed by atoms with Crippen LogP contribution in [0.4, 0.5) is 0 Å². The zero-order valence-corrected chi connectivity index (χ0v) is 11.1. The first-order chi connectivity index (χ1) is 9.20. The number of hydrogen-bond acceptors (Lipinski definition) is 3. The van der Waals surface area contributed by atoms with E-state index in [1.807, 2.05) is 30.3 Å². The van der Waals surface area contributed by atoms with Crippen molar-refractivity contribution >= 4 is 11.6 Å². The first-order valence-electron chi connectivity index (χ1n) is 6.07. The summed E-state index contributed by atoms with van der Waals surface area (Å²) >= 11 is 5.85. The topological polar surface area (TPSA) is 52.5 Å². The number of phenols is 1. The fourth-order valence-corrected chi connectivity index (χ4v) is 2.08. The van der Waals surface area contributed by atoms with Crippen molar-refractivity contribution in [2.75, 3.05) is 6.61 Å². The molecule has 100 valence electrons. The van der Waals surface area contributed by atoms with Gasteiger partial charge in [-0.25, -0.2) is 0 Å². The zero-order valence-electron chi connectivity index (χ0n) is 10.4. The van der Waals surface area contributed by atoms with Crippen LogP contribution in [0.3, 0.4) is 0 Å². The Balaban J connectivity index is 2.02. The Morgan fingerprint density at radius 3 is 2.47 bits per heavy atom. The summed E-state index contributed by atoms with van der Waals surface area (Å²) < 4.78 is 0. The molecular formula is C15H16ClNO2. The summed E-state index contributed by atoms with van der Waals surface area (Å²) in [5.41, 5.74) is 1.99. The van der Waals surface area contributed by atoms with Crippen molar-refractivity contribution in [3.05, 3.63) is 64.7 Å². The number of rotatable bonds is 5. The first kappa shape index (κ1) is 13.9. The third-order valence-corrected chi connectivity index (χ3v) is 3.25. The molecule has 0 fully saturated rings. The number of halogens is 1. The van der Waals surface area contributed by atoms with E-state index in [1.165, 1.54) is 0 Å². The molecule has 0 heterocycles. The van der Waals surface area contributed by atoms with Gasteiger partial charge in [0.1, 0.15) is 5.75 Å². The van der Waals surface area contributed by atoms with Crippen LogP contribution < -0.4 is 5.32 Å². The van der Waals surface area contributed by atoms with Gasteiger partial charge in [-0.3, -0.25) is 0 Å². The van der Waals surface area contributed by atoms with Gasteiger partial charge in [0.25, 0.3) is 0 Å². The molecule has 0 saturated carbocycles. The maximum Gasteiger partial charge on any atom is 0.134 e. The van der Waals surface area contributed by atoms with Crippen LogP contribution in [0.25, 0.3) is 0 Å². The summed E-state index contributed by atoms with van der Waals surface area (Å²) in [7, 11) is 0. The molecule has 2 aromatic carbocycles. The summed E-state index contributed by atoms with van der Waals surface area (Å²) in [6.45, 7) is 0.593. The lowest BCUT2D eigenvalue weighted by molar-refractivity contribution is 0.243. The lowest BCUT2D eigenvalue weighted by atomic mass is 10.1. The Bertz CT molecular complexity index is 531. The summed E-state index contributed by atoms with van der Waals surface area (Å²) in [6, 6.07) is 14.7. The van der Waals surface area contributed by atoms with Crippen molar-refractivity contribution in [3.8, 4) is 5.75 Å². The minimum atomic E-state index is -0.117. The molecule has 2 aromatic rings. The molecule has 3 N–H and O–H groups in total. The highest BCUT2D eigenvalue weighted by molar-refractivity contribution is 6.32. The smallest absolute Gasteiger partial charge is 0.134 e. The van der Waals surface area contributed by atoms with Gasteiger partial charge in [0.15, 0.2) is 0 Å². The second-order valence-electron chi connectivity index (χ2n) is 4.31. The molecule has 0 aliphatic heterocycles. The lowest BCUT2D eigenvalue weighted by Crippen LogP contribution is -2.23. The molecule has 1 atom stereocenters. The average molecular weight is 278 g/mol.